The van der Waals surface area contributed by atoms with Crippen LogP contribution in [0, 0.1) is 0 Å². The first-order chi connectivity index (χ1) is 5.63. The molecule has 1 aliphatic heterocycles. The normalized spacial score (nSPS) is 22.1. The van der Waals surface area contributed by atoms with Gasteiger partial charge in [-0.15, -0.1) is 12.4 Å². The minimum atomic E-state index is 0. The summed E-state index contributed by atoms with van der Waals surface area (Å²) in [6, 6.07) is 0.428. The van der Waals surface area contributed by atoms with Gasteiger partial charge in [-0.1, -0.05) is 0 Å². The van der Waals surface area contributed by atoms with Crippen LogP contribution in [0.1, 0.15) is 6.92 Å². The summed E-state index contributed by atoms with van der Waals surface area (Å²) in [6.45, 7) is 4.69. The molecule has 1 saturated heterocycles. The summed E-state index contributed by atoms with van der Waals surface area (Å²) in [6.07, 6.45) is 0. The Bertz CT molecular complexity index is 175. The summed E-state index contributed by atoms with van der Waals surface area (Å²) in [7, 11) is 3.58. The molecule has 0 aromatic carbocycles. The first-order valence-corrected chi connectivity index (χ1v) is 4.31. The largest absolute Gasteiger partial charge is 0.331 e. The van der Waals surface area contributed by atoms with E-state index in [1.54, 1.807) is 19.0 Å². The summed E-state index contributed by atoms with van der Waals surface area (Å²) >= 11 is 0. The number of piperazine rings is 1. The molecule has 0 aromatic rings. The fourth-order valence-corrected chi connectivity index (χ4v) is 1.38. The molecule has 1 rings (SSSR count). The van der Waals surface area contributed by atoms with E-state index in [4.69, 9.17) is 0 Å². The number of hydrogen-bond donors (Lipinski definition) is 1. The molecule has 13 heavy (non-hydrogen) atoms. The average Bonchev–Trinajstić information content (AvgIpc) is 2.04. The standard InChI is InChI=1S/C8H17N3O.ClH/c1-7-6-9-4-5-11(7)8(12)10(2)3;/h7,9H,4-6H2,1-3H3;1H/t7-;/m0./s1. The van der Waals surface area contributed by atoms with Crippen LogP contribution in [-0.4, -0.2) is 55.6 Å². The third kappa shape index (κ3) is 3.04. The van der Waals surface area contributed by atoms with E-state index in [1.165, 1.54) is 0 Å². The van der Waals surface area contributed by atoms with Crippen LogP contribution >= 0.6 is 12.4 Å². The number of rotatable bonds is 0. The topological polar surface area (TPSA) is 35.6 Å². The maximum atomic E-state index is 11.5. The van der Waals surface area contributed by atoms with Crippen molar-refractivity contribution in [2.24, 2.45) is 0 Å². The lowest BCUT2D eigenvalue weighted by molar-refractivity contribution is 0.141. The quantitative estimate of drug-likeness (QED) is 0.624. The van der Waals surface area contributed by atoms with Crippen molar-refractivity contribution in [1.29, 1.82) is 0 Å². The van der Waals surface area contributed by atoms with Crippen molar-refractivity contribution in [3.63, 3.8) is 0 Å². The molecule has 1 N–H and O–H groups in total. The molecule has 1 atom stereocenters. The van der Waals surface area contributed by atoms with Crippen molar-refractivity contribution in [1.82, 2.24) is 15.1 Å². The van der Waals surface area contributed by atoms with Gasteiger partial charge in [0.2, 0.25) is 0 Å². The van der Waals surface area contributed by atoms with Gasteiger partial charge >= 0.3 is 6.03 Å². The van der Waals surface area contributed by atoms with Gasteiger partial charge in [0.15, 0.2) is 0 Å². The Balaban J connectivity index is 0.00000144. The SMILES string of the molecule is C[C@H]1CNCCN1C(=O)N(C)C.Cl. The van der Waals surface area contributed by atoms with Crippen LogP contribution in [0.2, 0.25) is 0 Å². The second-order valence-electron chi connectivity index (χ2n) is 3.42. The molecule has 4 nitrogen and oxygen atoms in total. The number of carbonyl (C=O) groups excluding carboxylic acids is 1. The molecule has 0 radical (unpaired) electrons. The van der Waals surface area contributed by atoms with E-state index in [1.807, 2.05) is 4.90 Å². The minimum Gasteiger partial charge on any atom is -0.331 e. The molecule has 0 spiro atoms. The lowest BCUT2D eigenvalue weighted by Gasteiger charge is -2.35. The Hall–Kier alpha value is -0.480. The van der Waals surface area contributed by atoms with Gasteiger partial charge < -0.3 is 15.1 Å². The Kier molecular flexibility index (Phi) is 5.10. The Morgan fingerprint density at radius 3 is 2.62 bits per heavy atom. The van der Waals surface area contributed by atoms with Crippen LogP contribution in [0.3, 0.4) is 0 Å². The third-order valence-electron chi connectivity index (χ3n) is 2.13. The lowest BCUT2D eigenvalue weighted by Crippen LogP contribution is -2.54. The fraction of sp³-hybridized carbons (Fsp3) is 0.875. The molecule has 78 valence electrons. The second kappa shape index (κ2) is 5.29. The molecule has 0 aliphatic carbocycles. The molecule has 2 amide bonds. The molecule has 1 heterocycles. The molecular formula is C8H18ClN3O. The highest BCUT2D eigenvalue weighted by Gasteiger charge is 2.23. The number of nitrogens with zero attached hydrogens (tertiary/aromatic N) is 2. The van der Waals surface area contributed by atoms with Crippen LogP contribution in [0.25, 0.3) is 0 Å². The maximum Gasteiger partial charge on any atom is 0.319 e. The van der Waals surface area contributed by atoms with Crippen molar-refractivity contribution in [3.8, 4) is 0 Å². The van der Waals surface area contributed by atoms with E-state index in [9.17, 15) is 4.79 Å². The first-order valence-electron chi connectivity index (χ1n) is 4.31. The van der Waals surface area contributed by atoms with Gasteiger partial charge in [-0.2, -0.15) is 0 Å². The number of nitrogens with one attached hydrogen (secondary N) is 1. The van der Waals surface area contributed by atoms with Crippen LogP contribution in [0.15, 0.2) is 0 Å². The zero-order chi connectivity index (χ0) is 9.14. The summed E-state index contributed by atoms with van der Waals surface area (Å²) < 4.78 is 0. The van der Waals surface area contributed by atoms with E-state index in [-0.39, 0.29) is 18.4 Å². The smallest absolute Gasteiger partial charge is 0.319 e. The van der Waals surface area contributed by atoms with Crippen molar-refractivity contribution in [2.45, 2.75) is 13.0 Å². The summed E-state index contributed by atoms with van der Waals surface area (Å²) in [4.78, 5) is 15.1. The van der Waals surface area contributed by atoms with E-state index >= 15 is 0 Å². The van der Waals surface area contributed by atoms with Crippen LogP contribution in [0.5, 0.6) is 0 Å². The van der Waals surface area contributed by atoms with Gasteiger partial charge in [0.05, 0.1) is 0 Å². The van der Waals surface area contributed by atoms with Crippen LogP contribution in [-0.2, 0) is 0 Å². The van der Waals surface area contributed by atoms with E-state index in [2.05, 4.69) is 12.2 Å². The molecule has 1 aliphatic rings. The Morgan fingerprint density at radius 2 is 2.15 bits per heavy atom. The molecular weight excluding hydrogens is 190 g/mol. The number of hydrogen-bond acceptors (Lipinski definition) is 2. The van der Waals surface area contributed by atoms with E-state index < -0.39 is 0 Å². The molecule has 0 unspecified atom stereocenters. The van der Waals surface area contributed by atoms with Crippen LogP contribution < -0.4 is 5.32 Å². The van der Waals surface area contributed by atoms with Gasteiger partial charge in [0.25, 0.3) is 0 Å². The van der Waals surface area contributed by atoms with E-state index in [0.29, 0.717) is 6.04 Å². The zero-order valence-corrected chi connectivity index (χ0v) is 9.23. The minimum absolute atomic E-state index is 0. The molecule has 0 bridgehead atoms. The molecule has 0 aromatic heterocycles. The molecule has 5 heteroatoms. The van der Waals surface area contributed by atoms with Crippen molar-refractivity contribution >= 4 is 18.4 Å². The van der Waals surface area contributed by atoms with Gasteiger partial charge in [0, 0.05) is 39.8 Å². The Labute approximate surface area is 85.7 Å². The third-order valence-corrected chi connectivity index (χ3v) is 2.13. The predicted octanol–water partition coefficient (Wildman–Crippen LogP) is 0.384. The predicted molar refractivity (Wildman–Crippen MR) is 55.4 cm³/mol. The average molecular weight is 208 g/mol. The highest BCUT2D eigenvalue weighted by Crippen LogP contribution is 2.04. The Morgan fingerprint density at radius 1 is 1.54 bits per heavy atom. The van der Waals surface area contributed by atoms with Gasteiger partial charge in [0.1, 0.15) is 0 Å². The summed E-state index contributed by atoms with van der Waals surface area (Å²) in [5.41, 5.74) is 0. The van der Waals surface area contributed by atoms with Crippen LogP contribution in [0.4, 0.5) is 4.79 Å². The first kappa shape index (κ1) is 12.5. The zero-order valence-electron chi connectivity index (χ0n) is 8.41. The highest BCUT2D eigenvalue weighted by atomic mass is 35.5. The lowest BCUT2D eigenvalue weighted by atomic mass is 10.2. The van der Waals surface area contributed by atoms with E-state index in [0.717, 1.165) is 19.6 Å². The second-order valence-corrected chi connectivity index (χ2v) is 3.42. The molecule has 0 saturated carbocycles. The fourth-order valence-electron chi connectivity index (χ4n) is 1.38. The van der Waals surface area contributed by atoms with Crippen molar-refractivity contribution in [2.75, 3.05) is 33.7 Å². The maximum absolute atomic E-state index is 11.5. The number of carbonyl (C=O) groups is 1. The van der Waals surface area contributed by atoms with Crippen molar-refractivity contribution in [3.05, 3.63) is 0 Å². The van der Waals surface area contributed by atoms with Gasteiger partial charge in [-0.05, 0) is 6.92 Å². The van der Waals surface area contributed by atoms with Gasteiger partial charge in [-0.25, -0.2) is 4.79 Å². The molecule has 1 fully saturated rings. The number of halogens is 1. The highest BCUT2D eigenvalue weighted by molar-refractivity contribution is 5.85. The number of urea groups is 1. The summed E-state index contributed by atoms with van der Waals surface area (Å²) in [5.74, 6) is 0. The van der Waals surface area contributed by atoms with Gasteiger partial charge in [-0.3, -0.25) is 0 Å². The van der Waals surface area contributed by atoms with Crippen molar-refractivity contribution < 1.29 is 4.79 Å². The summed E-state index contributed by atoms with van der Waals surface area (Å²) in [5, 5.41) is 3.25. The monoisotopic (exact) mass is 207 g/mol. The number of amides is 2.